The van der Waals surface area contributed by atoms with E-state index < -0.39 is 29.6 Å². The van der Waals surface area contributed by atoms with Crippen LogP contribution in [0.15, 0.2) is 53.4 Å². The summed E-state index contributed by atoms with van der Waals surface area (Å²) in [5.74, 6) is -3.44. The molecule has 2 aromatic rings. The number of hydrogen-bond donors (Lipinski definition) is 1. The molecule has 0 spiro atoms. The van der Waals surface area contributed by atoms with Crippen LogP contribution in [0, 0.1) is 11.6 Å². The Morgan fingerprint density at radius 2 is 1.81 bits per heavy atom. The van der Waals surface area contributed by atoms with Gasteiger partial charge in [0.05, 0.1) is 0 Å². The summed E-state index contributed by atoms with van der Waals surface area (Å²) < 4.78 is 31.0. The van der Waals surface area contributed by atoms with Crippen LogP contribution < -0.4 is 5.32 Å². The maximum Gasteiger partial charge on any atom is 0.331 e. The van der Waals surface area contributed by atoms with E-state index in [2.05, 4.69) is 5.32 Å². The van der Waals surface area contributed by atoms with Gasteiger partial charge in [-0.3, -0.25) is 4.79 Å². The van der Waals surface area contributed by atoms with Crippen molar-refractivity contribution in [2.75, 3.05) is 11.6 Å². The Morgan fingerprint density at radius 1 is 1.12 bits per heavy atom. The first-order valence-corrected chi connectivity index (χ1v) is 8.90. The van der Waals surface area contributed by atoms with Crippen LogP contribution in [0.1, 0.15) is 12.5 Å². The molecule has 1 atom stereocenters. The van der Waals surface area contributed by atoms with Crippen molar-refractivity contribution in [1.29, 1.82) is 0 Å². The van der Waals surface area contributed by atoms with Gasteiger partial charge in [0.2, 0.25) is 0 Å². The first kappa shape index (κ1) is 19.7. The van der Waals surface area contributed by atoms with Gasteiger partial charge in [0.1, 0.15) is 0 Å². The van der Waals surface area contributed by atoms with Crippen LogP contribution in [-0.4, -0.2) is 24.2 Å². The van der Waals surface area contributed by atoms with Crippen molar-refractivity contribution < 1.29 is 23.1 Å². The topological polar surface area (TPSA) is 55.4 Å². The smallest absolute Gasteiger partial charge is 0.331 e. The van der Waals surface area contributed by atoms with Gasteiger partial charge in [0, 0.05) is 22.7 Å². The summed E-state index contributed by atoms with van der Waals surface area (Å²) >= 11 is 1.61. The molecule has 1 N–H and O–H groups in total. The van der Waals surface area contributed by atoms with Gasteiger partial charge in [0.25, 0.3) is 5.91 Å². The van der Waals surface area contributed by atoms with E-state index in [0.717, 1.165) is 22.6 Å². The highest BCUT2D eigenvalue weighted by atomic mass is 32.2. The quantitative estimate of drug-likeness (QED) is 0.464. The fraction of sp³-hybridized carbons (Fsp3) is 0.158. The van der Waals surface area contributed by atoms with Crippen LogP contribution in [0.25, 0.3) is 6.08 Å². The second-order valence-electron chi connectivity index (χ2n) is 5.30. The fourth-order valence-electron chi connectivity index (χ4n) is 1.96. The number of hydrogen-bond acceptors (Lipinski definition) is 4. The number of thioether (sulfide) groups is 1. The van der Waals surface area contributed by atoms with E-state index in [1.54, 1.807) is 17.8 Å². The summed E-state index contributed by atoms with van der Waals surface area (Å²) in [6.45, 7) is 1.38. The Labute approximate surface area is 154 Å². The lowest BCUT2D eigenvalue weighted by molar-refractivity contribution is -0.148. The van der Waals surface area contributed by atoms with Gasteiger partial charge in [-0.25, -0.2) is 13.6 Å². The van der Waals surface area contributed by atoms with E-state index >= 15 is 0 Å². The van der Waals surface area contributed by atoms with Gasteiger partial charge in [0.15, 0.2) is 17.7 Å². The summed E-state index contributed by atoms with van der Waals surface area (Å²) in [6, 6.07) is 10.5. The molecule has 2 aromatic carbocycles. The van der Waals surface area contributed by atoms with Gasteiger partial charge in [-0.1, -0.05) is 12.1 Å². The summed E-state index contributed by atoms with van der Waals surface area (Å²) in [5.41, 5.74) is 0.889. The molecular weight excluding hydrogens is 360 g/mol. The number of esters is 1. The lowest BCUT2D eigenvalue weighted by Gasteiger charge is -2.12. The molecule has 2 rings (SSSR count). The predicted octanol–water partition coefficient (Wildman–Crippen LogP) is 4.27. The third-order valence-corrected chi connectivity index (χ3v) is 4.12. The first-order valence-electron chi connectivity index (χ1n) is 7.67. The third kappa shape index (κ3) is 5.70. The monoisotopic (exact) mass is 377 g/mol. The Balaban J connectivity index is 1.89. The molecule has 0 saturated heterocycles. The molecule has 0 bridgehead atoms. The molecule has 7 heteroatoms. The highest BCUT2D eigenvalue weighted by Crippen LogP contribution is 2.16. The average Bonchev–Trinajstić information content (AvgIpc) is 2.63. The zero-order valence-corrected chi connectivity index (χ0v) is 15.0. The molecule has 0 aliphatic rings. The molecular formula is C19H17F2NO3S. The lowest BCUT2D eigenvalue weighted by Crippen LogP contribution is -2.29. The second-order valence-corrected chi connectivity index (χ2v) is 6.18. The van der Waals surface area contributed by atoms with Gasteiger partial charge in [-0.15, -0.1) is 11.8 Å². The van der Waals surface area contributed by atoms with Crippen molar-refractivity contribution in [2.24, 2.45) is 0 Å². The first-order chi connectivity index (χ1) is 12.4. The number of ether oxygens (including phenoxy) is 1. The zero-order chi connectivity index (χ0) is 19.1. The SMILES string of the molecule is CSc1ccc(/C=C/C(=O)O[C@H](C)C(=O)Nc2ccc(F)c(F)c2)cc1. The Kier molecular flexibility index (Phi) is 6.91. The highest BCUT2D eigenvalue weighted by Gasteiger charge is 2.17. The molecule has 26 heavy (non-hydrogen) atoms. The van der Waals surface area contributed by atoms with E-state index in [0.29, 0.717) is 0 Å². The number of nitrogens with one attached hydrogen (secondary N) is 1. The number of rotatable bonds is 6. The molecule has 0 fully saturated rings. The molecule has 0 heterocycles. The van der Waals surface area contributed by atoms with Gasteiger partial charge < -0.3 is 10.1 Å². The number of benzene rings is 2. The van der Waals surface area contributed by atoms with E-state index in [4.69, 9.17) is 4.74 Å². The molecule has 4 nitrogen and oxygen atoms in total. The standard InChI is InChI=1S/C19H17F2NO3S/c1-12(19(24)22-14-6-9-16(20)17(21)11-14)25-18(23)10-5-13-3-7-15(26-2)8-4-13/h3-12H,1-2H3,(H,22,24)/b10-5+/t12-/m1/s1. The predicted molar refractivity (Wildman–Crippen MR) is 97.8 cm³/mol. The third-order valence-electron chi connectivity index (χ3n) is 3.38. The maximum atomic E-state index is 13.1. The Bertz CT molecular complexity index is 822. The van der Waals surface area contributed by atoms with E-state index in [-0.39, 0.29) is 5.69 Å². The lowest BCUT2D eigenvalue weighted by atomic mass is 10.2. The second kappa shape index (κ2) is 9.15. The van der Waals surface area contributed by atoms with Crippen molar-refractivity contribution in [1.82, 2.24) is 0 Å². The molecule has 0 radical (unpaired) electrons. The normalized spacial score (nSPS) is 12.0. The van der Waals surface area contributed by atoms with Gasteiger partial charge in [-0.2, -0.15) is 0 Å². The number of carbonyl (C=O) groups excluding carboxylic acids is 2. The van der Waals surface area contributed by atoms with Crippen molar-refractivity contribution in [2.45, 2.75) is 17.9 Å². The molecule has 1 amide bonds. The average molecular weight is 377 g/mol. The highest BCUT2D eigenvalue weighted by molar-refractivity contribution is 7.98. The minimum Gasteiger partial charge on any atom is -0.449 e. The molecule has 0 saturated carbocycles. The van der Waals surface area contributed by atoms with Crippen LogP contribution in [0.4, 0.5) is 14.5 Å². The molecule has 0 unspecified atom stereocenters. The van der Waals surface area contributed by atoms with E-state index in [1.165, 1.54) is 19.1 Å². The largest absolute Gasteiger partial charge is 0.449 e. The summed E-state index contributed by atoms with van der Waals surface area (Å²) in [5, 5.41) is 2.35. The van der Waals surface area contributed by atoms with Gasteiger partial charge >= 0.3 is 5.97 Å². The van der Waals surface area contributed by atoms with E-state index in [1.807, 2.05) is 30.5 Å². The summed E-state index contributed by atoms with van der Waals surface area (Å²) in [6.07, 6.45) is 3.66. The van der Waals surface area contributed by atoms with Crippen molar-refractivity contribution in [3.05, 3.63) is 65.7 Å². The minimum atomic E-state index is -1.10. The van der Waals surface area contributed by atoms with Crippen LogP contribution >= 0.6 is 11.8 Å². The maximum absolute atomic E-state index is 13.1. The molecule has 0 aliphatic carbocycles. The minimum absolute atomic E-state index is 0.0706. The van der Waals surface area contributed by atoms with Crippen LogP contribution in [0.5, 0.6) is 0 Å². The summed E-state index contributed by atoms with van der Waals surface area (Å²) in [7, 11) is 0. The number of anilines is 1. The Hall–Kier alpha value is -2.67. The van der Waals surface area contributed by atoms with Crippen LogP contribution in [0.3, 0.4) is 0 Å². The zero-order valence-electron chi connectivity index (χ0n) is 14.2. The van der Waals surface area contributed by atoms with Crippen LogP contribution in [-0.2, 0) is 14.3 Å². The van der Waals surface area contributed by atoms with Crippen molar-refractivity contribution in [3.8, 4) is 0 Å². The van der Waals surface area contributed by atoms with Crippen LogP contribution in [0.2, 0.25) is 0 Å². The van der Waals surface area contributed by atoms with Crippen molar-refractivity contribution >= 4 is 35.4 Å². The van der Waals surface area contributed by atoms with E-state index in [9.17, 15) is 18.4 Å². The number of carbonyl (C=O) groups is 2. The molecule has 0 aromatic heterocycles. The molecule has 0 aliphatic heterocycles. The fourth-order valence-corrected chi connectivity index (χ4v) is 2.37. The number of halogens is 2. The van der Waals surface area contributed by atoms with Gasteiger partial charge in [-0.05, 0) is 49.1 Å². The Morgan fingerprint density at radius 3 is 2.42 bits per heavy atom. The number of amides is 1. The molecule has 136 valence electrons. The van der Waals surface area contributed by atoms with Crippen molar-refractivity contribution in [3.63, 3.8) is 0 Å². The summed E-state index contributed by atoms with van der Waals surface area (Å²) in [4.78, 5) is 24.9.